The molecule has 0 radical (unpaired) electrons. The number of hydrogen-bond acceptors (Lipinski definition) is 0. The number of rotatable bonds is 5. The molecule has 2 aliphatic rings. The largest absolute Gasteiger partial charge is 1.00 e. The molecule has 0 aromatic heterocycles. The van der Waals surface area contributed by atoms with E-state index in [-0.39, 0.29) is 41.1 Å². The quantitative estimate of drug-likeness (QED) is 0.210. The van der Waals surface area contributed by atoms with Crippen LogP contribution in [0.3, 0.4) is 0 Å². The molecule has 0 N–H and O–H groups in total. The van der Waals surface area contributed by atoms with Crippen LogP contribution in [0.4, 0.5) is 0 Å². The van der Waals surface area contributed by atoms with Crippen LogP contribution in [-0.2, 0) is 32.1 Å². The van der Waals surface area contributed by atoms with Gasteiger partial charge in [0.05, 0.1) is 0 Å². The number of hydrogen-bond donors (Lipinski definition) is 0. The molecule has 262 valence electrons. The third kappa shape index (κ3) is 7.87. The van der Waals surface area contributed by atoms with Gasteiger partial charge in [0.2, 0.25) is 0 Å². The number of benzene rings is 4. The van der Waals surface area contributed by atoms with Crippen molar-refractivity contribution in [1.29, 1.82) is 0 Å². The first kappa shape index (κ1) is 40.5. The molecule has 0 fully saturated rings. The maximum absolute atomic E-state index is 2.93. The summed E-state index contributed by atoms with van der Waals surface area (Å²) in [7, 11) is 0. The third-order valence-electron chi connectivity index (χ3n) is 10.7. The SMILES string of the molecule is CCC1C=C(C(C)(C)C)C=[C]1[Zr+2](=[C](c1ccc(C)cc1)c1ccc(C)cc1)[CH]1c2cc(C(C)(C)C)ccc2-c2ccc(C(C)(C)C)cc21.[Cl-].[Cl-]. The molecule has 0 nitrogen and oxygen atoms in total. The molecule has 50 heavy (non-hydrogen) atoms. The Hall–Kier alpha value is -2.31. The molecule has 0 spiro atoms. The van der Waals surface area contributed by atoms with Gasteiger partial charge in [-0.3, -0.25) is 0 Å². The molecule has 0 bridgehead atoms. The molecular weight excluding hydrogens is 727 g/mol. The molecule has 4 aromatic rings. The van der Waals surface area contributed by atoms with Gasteiger partial charge in [0.15, 0.2) is 0 Å². The minimum Gasteiger partial charge on any atom is -1.00 e. The summed E-state index contributed by atoms with van der Waals surface area (Å²) >= 11 is -2.93. The molecule has 1 unspecified atom stereocenters. The standard InChI is InChI=1S/C21H25.C15H14.C11H17.2ClH.Zr/c1-20(2,3)16-7-9-18-14(12-16)11-15-13-17(21(4,5)6)8-10-19(15)18;1-12-3-7-14(8-4-12)11-15-9-5-13(2)6-10-15;1-5-9-6-7-10(8-9)11(2,3)4;;;/h7-13H,1-6H3;3-10H,1-2H3;7-9H,5H2,1-4H3;2*1H;/q;;;;;+2/p-2. The van der Waals surface area contributed by atoms with E-state index >= 15 is 0 Å². The van der Waals surface area contributed by atoms with Crippen molar-refractivity contribution in [3.05, 3.63) is 150 Å². The fourth-order valence-corrected chi connectivity index (χ4v) is 17.3. The average Bonchev–Trinajstić information content (AvgIpc) is 3.59. The summed E-state index contributed by atoms with van der Waals surface area (Å²) in [6.45, 7) is 28.2. The second kappa shape index (κ2) is 15.0. The molecule has 0 aliphatic heterocycles. The van der Waals surface area contributed by atoms with Crippen LogP contribution < -0.4 is 24.8 Å². The smallest absolute Gasteiger partial charge is 1.00 e. The summed E-state index contributed by atoms with van der Waals surface area (Å²) in [5, 5.41) is 0. The second-order valence-corrected chi connectivity index (χ2v) is 23.6. The van der Waals surface area contributed by atoms with Crippen molar-refractivity contribution in [1.82, 2.24) is 0 Å². The Morgan fingerprint density at radius 3 is 1.36 bits per heavy atom. The molecule has 0 saturated heterocycles. The topological polar surface area (TPSA) is 0 Å². The zero-order valence-electron chi connectivity index (χ0n) is 32.4. The van der Waals surface area contributed by atoms with Gasteiger partial charge >= 0.3 is 301 Å². The first-order valence-electron chi connectivity index (χ1n) is 18.1. The zero-order chi connectivity index (χ0) is 34.8. The van der Waals surface area contributed by atoms with Crippen LogP contribution in [0.2, 0.25) is 0 Å². The van der Waals surface area contributed by atoms with E-state index in [0.29, 0.717) is 9.54 Å². The molecule has 6 rings (SSSR count). The molecule has 4 aromatic carbocycles. The molecule has 0 heterocycles. The Kier molecular flexibility index (Phi) is 12.1. The Labute approximate surface area is 323 Å². The summed E-state index contributed by atoms with van der Waals surface area (Å²) in [5.74, 6) is 0.476. The van der Waals surface area contributed by atoms with E-state index in [2.05, 4.69) is 180 Å². The molecular formula is C47H56Cl2Zr. The van der Waals surface area contributed by atoms with Crippen molar-refractivity contribution in [2.75, 3.05) is 0 Å². The first-order valence-corrected chi connectivity index (χ1v) is 22.0. The summed E-state index contributed by atoms with van der Waals surface area (Å²) in [5.41, 5.74) is 16.1. The van der Waals surface area contributed by atoms with Crippen molar-refractivity contribution >= 4 is 3.21 Å². The van der Waals surface area contributed by atoms with Gasteiger partial charge < -0.3 is 24.8 Å². The van der Waals surface area contributed by atoms with Gasteiger partial charge in [-0.2, -0.15) is 0 Å². The maximum Gasteiger partial charge on any atom is -1.00 e. The summed E-state index contributed by atoms with van der Waals surface area (Å²) in [6, 6.07) is 34.0. The zero-order valence-corrected chi connectivity index (χ0v) is 36.3. The molecule has 0 saturated carbocycles. The van der Waals surface area contributed by atoms with Crippen LogP contribution in [-0.4, -0.2) is 3.21 Å². The van der Waals surface area contributed by atoms with Crippen LogP contribution in [0.15, 0.2) is 106 Å². The van der Waals surface area contributed by atoms with Crippen LogP contribution in [0, 0.1) is 25.2 Å². The molecule has 1 atom stereocenters. The molecule has 0 amide bonds. The van der Waals surface area contributed by atoms with Gasteiger partial charge in [-0.25, -0.2) is 0 Å². The minimum atomic E-state index is -2.93. The Morgan fingerprint density at radius 2 is 1.00 bits per heavy atom. The van der Waals surface area contributed by atoms with Crippen LogP contribution in [0.5, 0.6) is 0 Å². The van der Waals surface area contributed by atoms with E-state index in [1.807, 2.05) is 0 Å². The normalized spacial score (nSPS) is 15.5. The monoisotopic (exact) mass is 780 g/mol. The van der Waals surface area contributed by atoms with Crippen molar-refractivity contribution in [2.45, 2.75) is 104 Å². The number of allylic oxidation sites excluding steroid dienone is 4. The number of fused-ring (bicyclic) bond motifs is 3. The van der Waals surface area contributed by atoms with Crippen LogP contribution >= 0.6 is 0 Å². The van der Waals surface area contributed by atoms with E-state index in [0.717, 1.165) is 6.42 Å². The number of halogens is 2. The average molecular weight is 783 g/mol. The van der Waals surface area contributed by atoms with Crippen LogP contribution in [0.1, 0.15) is 124 Å². The molecule has 2 aliphatic carbocycles. The Bertz CT molecular complexity index is 1840. The Balaban J connectivity index is 0.00000281. The third-order valence-corrected chi connectivity index (χ3v) is 19.2. The second-order valence-electron chi connectivity index (χ2n) is 17.5. The first-order chi connectivity index (χ1) is 22.5. The van der Waals surface area contributed by atoms with E-state index in [4.69, 9.17) is 0 Å². The summed E-state index contributed by atoms with van der Waals surface area (Å²) in [6.07, 6.45) is 6.48. The fraction of sp³-hybridized carbons (Fsp3) is 0.383. The van der Waals surface area contributed by atoms with Gasteiger partial charge in [0.1, 0.15) is 0 Å². The van der Waals surface area contributed by atoms with Crippen molar-refractivity contribution in [3.63, 3.8) is 0 Å². The van der Waals surface area contributed by atoms with Crippen molar-refractivity contribution in [2.24, 2.45) is 11.3 Å². The Morgan fingerprint density at radius 1 is 0.580 bits per heavy atom. The van der Waals surface area contributed by atoms with Gasteiger partial charge in [0.25, 0.3) is 0 Å². The minimum absolute atomic E-state index is 0. The van der Waals surface area contributed by atoms with Gasteiger partial charge in [-0.1, -0.05) is 0 Å². The van der Waals surface area contributed by atoms with Gasteiger partial charge in [0, 0.05) is 0 Å². The summed E-state index contributed by atoms with van der Waals surface area (Å²) in [4.78, 5) is 0. The van der Waals surface area contributed by atoms with E-state index in [9.17, 15) is 0 Å². The maximum atomic E-state index is 2.70. The van der Waals surface area contributed by atoms with Gasteiger partial charge in [-0.15, -0.1) is 0 Å². The predicted molar refractivity (Wildman–Crippen MR) is 206 cm³/mol. The predicted octanol–water partition coefficient (Wildman–Crippen LogP) is 6.76. The molecule has 3 heteroatoms. The van der Waals surface area contributed by atoms with Crippen LogP contribution in [0.25, 0.3) is 11.1 Å². The summed E-state index contributed by atoms with van der Waals surface area (Å²) < 4.78 is 3.77. The van der Waals surface area contributed by atoms with E-state index in [1.165, 1.54) is 50.1 Å². The fourth-order valence-electron chi connectivity index (χ4n) is 7.59. The van der Waals surface area contributed by atoms with Gasteiger partial charge in [-0.05, 0) is 0 Å². The number of aryl methyl sites for hydroxylation is 2. The van der Waals surface area contributed by atoms with Crippen molar-refractivity contribution < 1.29 is 46.1 Å². The van der Waals surface area contributed by atoms with E-state index < -0.39 is 21.3 Å². The van der Waals surface area contributed by atoms with Crippen molar-refractivity contribution in [3.8, 4) is 11.1 Å². The van der Waals surface area contributed by atoms with E-state index in [1.54, 1.807) is 17.6 Å².